The first-order valence-electron chi connectivity index (χ1n) is 15.3. The highest BCUT2D eigenvalue weighted by atomic mass is 16.7. The number of ether oxygens (including phenoxy) is 3. The van der Waals surface area contributed by atoms with Gasteiger partial charge in [-0.25, -0.2) is 4.79 Å². The summed E-state index contributed by atoms with van der Waals surface area (Å²) < 4.78 is 23.6. The van der Waals surface area contributed by atoms with Gasteiger partial charge in [0, 0.05) is 25.2 Å². The van der Waals surface area contributed by atoms with E-state index in [1.807, 2.05) is 13.2 Å². The van der Waals surface area contributed by atoms with Crippen molar-refractivity contribution in [2.45, 2.75) is 113 Å². The molecular weight excluding hydrogens is 532 g/mol. The Balaban J connectivity index is 1.21. The van der Waals surface area contributed by atoms with E-state index in [1.54, 1.807) is 6.26 Å². The van der Waals surface area contributed by atoms with Crippen LogP contribution in [0.3, 0.4) is 0 Å². The second-order valence-corrected chi connectivity index (χ2v) is 13.6. The Bertz CT molecular complexity index is 1120. The second kappa shape index (κ2) is 11.0. The fraction of sp³-hybridized carbons (Fsp3) is 0.839. The highest BCUT2D eigenvalue weighted by molar-refractivity contribution is 5.27. The molecule has 0 amide bonds. The number of hydrogen-bond acceptors (Lipinski definition) is 10. The quantitative estimate of drug-likeness (QED) is 0.315. The number of fused-ring (bicyclic) bond motifs is 5. The molecule has 10 heteroatoms. The van der Waals surface area contributed by atoms with Gasteiger partial charge in [0.25, 0.3) is 0 Å². The van der Waals surface area contributed by atoms with Crippen LogP contribution in [0.4, 0.5) is 0 Å². The molecule has 1 aliphatic heterocycles. The Morgan fingerprint density at radius 1 is 0.951 bits per heavy atom. The van der Waals surface area contributed by atoms with Crippen LogP contribution in [0.5, 0.6) is 0 Å². The van der Waals surface area contributed by atoms with Gasteiger partial charge in [0.1, 0.15) is 24.4 Å². The molecule has 0 aromatic carbocycles. The van der Waals surface area contributed by atoms with Crippen LogP contribution in [-0.2, 0) is 14.2 Å². The summed E-state index contributed by atoms with van der Waals surface area (Å²) in [6.07, 6.45) is 2.89. The third-order valence-corrected chi connectivity index (χ3v) is 12.4. The Kier molecular flexibility index (Phi) is 7.94. The molecule has 1 saturated heterocycles. The minimum absolute atomic E-state index is 0.107. The van der Waals surface area contributed by atoms with Crippen molar-refractivity contribution in [3.05, 3.63) is 34.4 Å². The van der Waals surface area contributed by atoms with Crippen molar-refractivity contribution < 1.29 is 44.2 Å². The van der Waals surface area contributed by atoms with Crippen molar-refractivity contribution in [2.75, 3.05) is 20.3 Å². The molecule has 13 atom stereocenters. The van der Waals surface area contributed by atoms with Crippen LogP contribution in [0, 0.1) is 28.6 Å². The summed E-state index contributed by atoms with van der Waals surface area (Å²) in [6, 6.07) is 3.41. The normalized spacial score (nSPS) is 49.6. The van der Waals surface area contributed by atoms with Gasteiger partial charge in [0.15, 0.2) is 6.29 Å². The predicted molar refractivity (Wildman–Crippen MR) is 146 cm³/mol. The van der Waals surface area contributed by atoms with Crippen LogP contribution in [-0.4, -0.2) is 88.3 Å². The number of methoxy groups -OCH3 is 1. The minimum Gasteiger partial charge on any atom is -0.431 e. The number of hydrogen-bond donors (Lipinski definition) is 5. The molecule has 0 radical (unpaired) electrons. The van der Waals surface area contributed by atoms with Gasteiger partial charge in [-0.3, -0.25) is 0 Å². The zero-order chi connectivity index (χ0) is 29.2. The van der Waals surface area contributed by atoms with E-state index < -0.39 is 37.3 Å². The van der Waals surface area contributed by atoms with E-state index in [0.717, 1.165) is 50.5 Å². The maximum atomic E-state index is 11.6. The van der Waals surface area contributed by atoms with E-state index in [4.69, 9.17) is 18.6 Å². The van der Waals surface area contributed by atoms with Gasteiger partial charge in [0.2, 0.25) is 0 Å². The van der Waals surface area contributed by atoms with Gasteiger partial charge in [-0.05, 0) is 98.5 Å². The zero-order valence-corrected chi connectivity index (χ0v) is 24.1. The standard InChI is InChI=1S/C31H46O10/c1-29-10-8-21-22(31(29,38-2)12-9-20(29)17-3-6-24(34)39-15-17)5-4-18-13-19(7-11-30(18,21)16-33)40-28-27(37)26(36)25(35)23(14-32)41-28/h3,6,15,18-23,25-28,32-33,35-37H,4-5,7-14,16H2,1-2H3/t18?,19-,20+,21-,22+,23+,25+,26-,27+,28?,29+,30+,31-/m0/s1. The molecule has 2 heterocycles. The Morgan fingerprint density at radius 3 is 2.44 bits per heavy atom. The van der Waals surface area contributed by atoms with Gasteiger partial charge in [-0.2, -0.15) is 0 Å². The van der Waals surface area contributed by atoms with E-state index in [9.17, 15) is 30.3 Å². The van der Waals surface area contributed by atoms with Gasteiger partial charge in [-0.15, -0.1) is 0 Å². The molecule has 5 fully saturated rings. The van der Waals surface area contributed by atoms with E-state index in [2.05, 4.69) is 6.92 Å². The van der Waals surface area contributed by atoms with E-state index >= 15 is 0 Å². The average Bonchev–Trinajstić information content (AvgIpc) is 3.30. The Labute approximate surface area is 240 Å². The first kappa shape index (κ1) is 29.7. The van der Waals surface area contributed by atoms with Crippen LogP contribution in [0.2, 0.25) is 0 Å². The first-order chi connectivity index (χ1) is 19.6. The molecule has 4 aliphatic carbocycles. The maximum Gasteiger partial charge on any atom is 0.335 e. The lowest BCUT2D eigenvalue weighted by Gasteiger charge is -2.65. The second-order valence-electron chi connectivity index (χ2n) is 13.6. The van der Waals surface area contributed by atoms with E-state index in [0.29, 0.717) is 24.7 Å². The lowest BCUT2D eigenvalue weighted by atomic mass is 9.42. The summed E-state index contributed by atoms with van der Waals surface area (Å²) >= 11 is 0. The van der Waals surface area contributed by atoms with Gasteiger partial charge in [0.05, 0.1) is 24.6 Å². The zero-order valence-electron chi connectivity index (χ0n) is 24.1. The van der Waals surface area contributed by atoms with Crippen molar-refractivity contribution in [1.29, 1.82) is 0 Å². The van der Waals surface area contributed by atoms with Crippen LogP contribution in [0.25, 0.3) is 0 Å². The Morgan fingerprint density at radius 2 is 1.76 bits per heavy atom. The molecule has 1 aromatic heterocycles. The Hall–Kier alpha value is -1.37. The molecule has 230 valence electrons. The molecule has 41 heavy (non-hydrogen) atoms. The monoisotopic (exact) mass is 578 g/mol. The first-order valence-corrected chi connectivity index (χ1v) is 15.3. The summed E-state index contributed by atoms with van der Waals surface area (Å²) in [6.45, 7) is 1.96. The van der Waals surface area contributed by atoms with E-state index in [1.165, 1.54) is 6.07 Å². The van der Waals surface area contributed by atoms with Gasteiger partial charge in [-0.1, -0.05) is 6.92 Å². The summed E-state index contributed by atoms with van der Waals surface area (Å²) in [5.41, 5.74) is 0.0279. The number of rotatable bonds is 6. The topological polar surface area (TPSA) is 159 Å². The van der Waals surface area contributed by atoms with Crippen molar-refractivity contribution in [3.63, 3.8) is 0 Å². The molecular formula is C31H46O10. The smallest absolute Gasteiger partial charge is 0.335 e. The highest BCUT2D eigenvalue weighted by Crippen LogP contribution is 2.71. The SMILES string of the molecule is CO[C@]12CC[C@H](c3ccc(=O)oc3)[C@@]1(C)CC[C@H]1[C@H]2CCC2C[C@@H](OC3O[C@H](CO)[C@@H](O)[C@H](O)[C@H]3O)CC[C@@]21CO. The van der Waals surface area contributed by atoms with Crippen molar-refractivity contribution >= 4 is 0 Å². The summed E-state index contributed by atoms with van der Waals surface area (Å²) in [7, 11) is 1.84. The summed E-state index contributed by atoms with van der Waals surface area (Å²) in [4.78, 5) is 11.6. The highest BCUT2D eigenvalue weighted by Gasteiger charge is 2.69. The van der Waals surface area contributed by atoms with Crippen LogP contribution in [0.1, 0.15) is 76.2 Å². The van der Waals surface area contributed by atoms with Crippen molar-refractivity contribution in [1.82, 2.24) is 0 Å². The lowest BCUT2D eigenvalue weighted by molar-refractivity contribution is -0.318. The molecule has 0 spiro atoms. The number of aliphatic hydroxyl groups is 5. The minimum atomic E-state index is -1.47. The molecule has 10 nitrogen and oxygen atoms in total. The van der Waals surface area contributed by atoms with Crippen LogP contribution in [0.15, 0.2) is 27.6 Å². The fourth-order valence-corrected chi connectivity index (χ4v) is 10.3. The third kappa shape index (κ3) is 4.39. The predicted octanol–water partition coefficient (Wildman–Crippen LogP) is 1.69. The molecule has 0 bridgehead atoms. The molecule has 5 N–H and O–H groups in total. The lowest BCUT2D eigenvalue weighted by Crippen LogP contribution is -2.64. The largest absolute Gasteiger partial charge is 0.431 e. The summed E-state index contributed by atoms with van der Waals surface area (Å²) in [5, 5.41) is 51.4. The van der Waals surface area contributed by atoms with Crippen LogP contribution >= 0.6 is 0 Å². The fourth-order valence-electron chi connectivity index (χ4n) is 10.3. The van der Waals surface area contributed by atoms with Crippen molar-refractivity contribution in [2.24, 2.45) is 28.6 Å². The molecule has 6 rings (SSSR count). The molecule has 5 aliphatic rings. The molecule has 4 saturated carbocycles. The summed E-state index contributed by atoms with van der Waals surface area (Å²) in [5.74, 6) is 1.08. The molecule has 1 aromatic rings. The maximum absolute atomic E-state index is 11.6. The van der Waals surface area contributed by atoms with E-state index in [-0.39, 0.29) is 46.6 Å². The molecule has 2 unspecified atom stereocenters. The van der Waals surface area contributed by atoms with Gasteiger partial charge < -0.3 is 44.2 Å². The van der Waals surface area contributed by atoms with Crippen molar-refractivity contribution in [3.8, 4) is 0 Å². The average molecular weight is 579 g/mol. The van der Waals surface area contributed by atoms with Gasteiger partial charge >= 0.3 is 5.63 Å². The number of aliphatic hydroxyl groups excluding tert-OH is 5. The van der Waals surface area contributed by atoms with Crippen LogP contribution < -0.4 is 5.63 Å². The third-order valence-electron chi connectivity index (χ3n) is 12.4.